The predicted octanol–water partition coefficient (Wildman–Crippen LogP) is 3.23. The largest absolute Gasteiger partial charge is 0.490 e. The molecule has 8 heteroatoms. The minimum atomic E-state index is -0.653. The molecule has 0 unspecified atom stereocenters. The zero-order valence-corrected chi connectivity index (χ0v) is 16.7. The monoisotopic (exact) mass is 414 g/mol. The molecule has 2 aromatic rings. The van der Waals surface area contributed by atoms with E-state index < -0.39 is 17.8 Å². The Morgan fingerprint density at radius 3 is 2.07 bits per heavy atom. The van der Waals surface area contributed by atoms with Crippen molar-refractivity contribution in [2.24, 2.45) is 0 Å². The van der Waals surface area contributed by atoms with Crippen molar-refractivity contribution in [2.75, 3.05) is 27.3 Å². The van der Waals surface area contributed by atoms with Crippen LogP contribution in [0, 0.1) is 0 Å². The standard InChI is InChI=1S/C21H19ClN2O5/c1-23-19(25)16(20(26)24(2)21(23)27)13-14-7-9-15(10-8-14)28-11-12-29-18-6-4-3-5-17(18)22/h3-10,13H,11-12H2,1-2H3. The topological polar surface area (TPSA) is 76.2 Å². The van der Waals surface area contributed by atoms with Crippen LogP contribution in [0.5, 0.6) is 11.5 Å². The van der Waals surface area contributed by atoms with Gasteiger partial charge in [-0.2, -0.15) is 0 Å². The molecule has 0 N–H and O–H groups in total. The number of nitrogens with zero attached hydrogens (tertiary/aromatic N) is 2. The van der Waals surface area contributed by atoms with Gasteiger partial charge < -0.3 is 9.47 Å². The van der Waals surface area contributed by atoms with Gasteiger partial charge in [0.25, 0.3) is 11.8 Å². The number of hydrogen-bond acceptors (Lipinski definition) is 5. The number of hydrogen-bond donors (Lipinski definition) is 0. The van der Waals surface area contributed by atoms with Crippen LogP contribution in [-0.4, -0.2) is 55.0 Å². The summed E-state index contributed by atoms with van der Waals surface area (Å²) in [7, 11) is 2.67. The molecule has 0 atom stereocenters. The fraction of sp³-hybridized carbons (Fsp3) is 0.190. The molecule has 3 rings (SSSR count). The van der Waals surface area contributed by atoms with E-state index >= 15 is 0 Å². The van der Waals surface area contributed by atoms with Crippen LogP contribution < -0.4 is 9.47 Å². The van der Waals surface area contributed by atoms with Gasteiger partial charge in [0.15, 0.2) is 0 Å². The van der Waals surface area contributed by atoms with Crippen molar-refractivity contribution in [1.29, 1.82) is 0 Å². The minimum Gasteiger partial charge on any atom is -0.490 e. The van der Waals surface area contributed by atoms with Crippen LogP contribution in [0.15, 0.2) is 54.1 Å². The van der Waals surface area contributed by atoms with Crippen LogP contribution in [0.4, 0.5) is 4.79 Å². The third-order valence-electron chi connectivity index (χ3n) is 4.28. The molecular formula is C21H19ClN2O5. The zero-order chi connectivity index (χ0) is 21.0. The Morgan fingerprint density at radius 2 is 1.45 bits per heavy atom. The van der Waals surface area contributed by atoms with Gasteiger partial charge in [0.1, 0.15) is 30.3 Å². The lowest BCUT2D eigenvalue weighted by molar-refractivity contribution is -0.134. The summed E-state index contributed by atoms with van der Waals surface area (Å²) in [5.41, 5.74) is 0.564. The van der Waals surface area contributed by atoms with E-state index in [-0.39, 0.29) is 5.57 Å². The lowest BCUT2D eigenvalue weighted by Gasteiger charge is -2.28. The first kappa shape index (κ1) is 20.4. The highest BCUT2D eigenvalue weighted by Gasteiger charge is 2.37. The normalized spacial score (nSPS) is 14.3. The SMILES string of the molecule is CN1C(=O)C(=Cc2ccc(OCCOc3ccccc3Cl)cc2)C(=O)N(C)C1=O. The Labute approximate surface area is 173 Å². The second-order valence-corrected chi connectivity index (χ2v) is 6.67. The lowest BCUT2D eigenvalue weighted by atomic mass is 10.1. The second kappa shape index (κ2) is 8.79. The van der Waals surface area contributed by atoms with Gasteiger partial charge in [-0.15, -0.1) is 0 Å². The number of barbiturate groups is 1. The molecule has 1 fully saturated rings. The van der Waals surface area contributed by atoms with Crippen molar-refractivity contribution >= 4 is 35.5 Å². The number of ether oxygens (including phenoxy) is 2. The van der Waals surface area contributed by atoms with E-state index in [1.54, 1.807) is 36.4 Å². The van der Waals surface area contributed by atoms with Crippen LogP contribution in [0.2, 0.25) is 5.02 Å². The number of para-hydroxylation sites is 1. The Kier molecular flexibility index (Phi) is 6.19. The first-order chi connectivity index (χ1) is 13.9. The minimum absolute atomic E-state index is 0.0728. The van der Waals surface area contributed by atoms with Gasteiger partial charge in [-0.1, -0.05) is 35.9 Å². The van der Waals surface area contributed by atoms with Gasteiger partial charge >= 0.3 is 6.03 Å². The molecule has 7 nitrogen and oxygen atoms in total. The van der Waals surface area contributed by atoms with Crippen molar-refractivity contribution in [3.63, 3.8) is 0 Å². The van der Waals surface area contributed by atoms with Gasteiger partial charge in [0, 0.05) is 14.1 Å². The molecule has 2 aromatic carbocycles. The quantitative estimate of drug-likeness (QED) is 0.412. The Bertz CT molecular complexity index is 945. The fourth-order valence-corrected chi connectivity index (χ4v) is 2.87. The third kappa shape index (κ3) is 4.57. The molecule has 1 aliphatic heterocycles. The summed E-state index contributed by atoms with van der Waals surface area (Å²) in [6.07, 6.45) is 1.45. The van der Waals surface area contributed by atoms with E-state index in [4.69, 9.17) is 21.1 Å². The highest BCUT2D eigenvalue weighted by atomic mass is 35.5. The van der Waals surface area contributed by atoms with E-state index in [1.807, 2.05) is 12.1 Å². The summed E-state index contributed by atoms with van der Waals surface area (Å²) < 4.78 is 11.2. The molecule has 0 saturated carbocycles. The van der Waals surface area contributed by atoms with Crippen LogP contribution in [0.25, 0.3) is 6.08 Å². The Balaban J connectivity index is 1.59. The molecule has 0 aliphatic carbocycles. The molecule has 1 saturated heterocycles. The maximum atomic E-state index is 12.2. The molecule has 1 heterocycles. The molecule has 0 aromatic heterocycles. The smallest absolute Gasteiger partial charge is 0.333 e. The van der Waals surface area contributed by atoms with Crippen molar-refractivity contribution in [2.45, 2.75) is 0 Å². The number of rotatable bonds is 6. The Hall–Kier alpha value is -3.32. The van der Waals surface area contributed by atoms with Crippen LogP contribution >= 0.6 is 11.6 Å². The highest BCUT2D eigenvalue weighted by Crippen LogP contribution is 2.23. The summed E-state index contributed by atoms with van der Waals surface area (Å²) in [6, 6.07) is 13.4. The van der Waals surface area contributed by atoms with Gasteiger partial charge in [-0.3, -0.25) is 19.4 Å². The van der Waals surface area contributed by atoms with Crippen molar-refractivity contribution in [3.05, 3.63) is 64.7 Å². The van der Waals surface area contributed by atoms with E-state index in [1.165, 1.54) is 20.2 Å². The van der Waals surface area contributed by atoms with Gasteiger partial charge in [-0.05, 0) is 35.9 Å². The molecule has 29 heavy (non-hydrogen) atoms. The van der Waals surface area contributed by atoms with E-state index in [0.717, 1.165) is 9.80 Å². The molecule has 1 aliphatic rings. The summed E-state index contributed by atoms with van der Waals surface area (Å²) in [5.74, 6) is -0.0547. The second-order valence-electron chi connectivity index (χ2n) is 6.27. The molecule has 0 spiro atoms. The fourth-order valence-electron chi connectivity index (χ4n) is 2.67. The average molecular weight is 415 g/mol. The number of benzene rings is 2. The third-order valence-corrected chi connectivity index (χ3v) is 4.59. The molecule has 4 amide bonds. The maximum Gasteiger partial charge on any atom is 0.333 e. The van der Waals surface area contributed by atoms with Gasteiger partial charge in [0.2, 0.25) is 0 Å². The predicted molar refractivity (Wildman–Crippen MR) is 108 cm³/mol. The number of halogens is 1. The number of likely N-dealkylation sites (N-methyl/N-ethyl adjacent to an activating group) is 2. The van der Waals surface area contributed by atoms with Crippen molar-refractivity contribution in [1.82, 2.24) is 9.80 Å². The van der Waals surface area contributed by atoms with Crippen LogP contribution in [0.3, 0.4) is 0 Å². The first-order valence-electron chi connectivity index (χ1n) is 8.80. The Morgan fingerprint density at radius 1 is 0.862 bits per heavy atom. The molecular weight excluding hydrogens is 396 g/mol. The summed E-state index contributed by atoms with van der Waals surface area (Å²) in [4.78, 5) is 38.0. The summed E-state index contributed by atoms with van der Waals surface area (Å²) >= 11 is 6.02. The summed E-state index contributed by atoms with van der Waals surface area (Å²) in [5, 5.41) is 0.537. The first-order valence-corrected chi connectivity index (χ1v) is 9.18. The molecule has 0 bridgehead atoms. The van der Waals surface area contributed by atoms with Crippen LogP contribution in [-0.2, 0) is 9.59 Å². The van der Waals surface area contributed by atoms with Crippen LogP contribution in [0.1, 0.15) is 5.56 Å². The lowest BCUT2D eigenvalue weighted by Crippen LogP contribution is -2.52. The van der Waals surface area contributed by atoms with E-state index in [0.29, 0.717) is 35.3 Å². The number of amides is 4. The number of carbonyl (C=O) groups excluding carboxylic acids is 3. The van der Waals surface area contributed by atoms with Crippen molar-refractivity contribution in [3.8, 4) is 11.5 Å². The number of carbonyl (C=O) groups is 3. The zero-order valence-electron chi connectivity index (χ0n) is 15.9. The number of urea groups is 1. The van der Waals surface area contributed by atoms with E-state index in [9.17, 15) is 14.4 Å². The number of imide groups is 2. The molecule has 0 radical (unpaired) electrons. The molecule has 150 valence electrons. The van der Waals surface area contributed by atoms with E-state index in [2.05, 4.69) is 0 Å². The van der Waals surface area contributed by atoms with Crippen molar-refractivity contribution < 1.29 is 23.9 Å². The highest BCUT2D eigenvalue weighted by molar-refractivity contribution is 6.32. The summed E-state index contributed by atoms with van der Waals surface area (Å²) in [6.45, 7) is 0.644. The average Bonchev–Trinajstić information content (AvgIpc) is 2.73. The van der Waals surface area contributed by atoms with Gasteiger partial charge in [-0.25, -0.2) is 4.79 Å². The maximum absolute atomic E-state index is 12.2. The van der Waals surface area contributed by atoms with Gasteiger partial charge in [0.05, 0.1) is 5.02 Å².